The fraction of sp³-hybridized carbons (Fsp3) is 0.656. The van der Waals surface area contributed by atoms with Crippen LogP contribution in [-0.2, 0) is 13.1 Å². The highest BCUT2D eigenvalue weighted by molar-refractivity contribution is 6.32. The molecule has 0 bridgehead atoms. The van der Waals surface area contributed by atoms with E-state index in [1.54, 1.807) is 0 Å². The molecule has 2 atom stereocenters. The molecule has 1 spiro atoms. The summed E-state index contributed by atoms with van der Waals surface area (Å²) in [5.41, 5.74) is 12.4. The van der Waals surface area contributed by atoms with E-state index in [0.717, 1.165) is 85.0 Å². The molecule has 10 nitrogen and oxygen atoms in total. The first kappa shape index (κ1) is 26.7. The zero-order valence-corrected chi connectivity index (χ0v) is 25.4. The van der Waals surface area contributed by atoms with Crippen molar-refractivity contribution in [1.29, 1.82) is 0 Å². The van der Waals surface area contributed by atoms with Crippen LogP contribution >= 0.6 is 11.6 Å². The summed E-state index contributed by atoms with van der Waals surface area (Å²) in [5, 5.41) is 11.1. The highest BCUT2D eigenvalue weighted by Crippen LogP contribution is 2.76. The molecule has 1 aromatic carbocycles. The molecule has 6 heterocycles. The molecule has 228 valence electrons. The van der Waals surface area contributed by atoms with Crippen molar-refractivity contribution in [3.63, 3.8) is 0 Å². The van der Waals surface area contributed by atoms with Crippen molar-refractivity contribution in [3.05, 3.63) is 33.5 Å². The van der Waals surface area contributed by atoms with Gasteiger partial charge in [-0.05, 0) is 100 Å². The number of anilines is 3. The SMILES string of the molecule is O=C1c2c(nc(OCC34CCCN3CCC4)nc2N2CCCC(O)CC2)CN1c1c2c(cc(Cl)c1C1CC13CC3)NNC2. The number of ether oxygens (including phenoxy) is 1. The molecular formula is C32H40ClN7O3. The third kappa shape index (κ3) is 4.20. The monoisotopic (exact) mass is 605 g/mol. The van der Waals surface area contributed by atoms with Crippen molar-refractivity contribution in [2.45, 2.75) is 94.9 Å². The second-order valence-corrected chi connectivity index (χ2v) is 14.5. The lowest BCUT2D eigenvalue weighted by Gasteiger charge is -2.31. The van der Waals surface area contributed by atoms with Gasteiger partial charge in [0.05, 0.1) is 35.3 Å². The van der Waals surface area contributed by atoms with Crippen LogP contribution in [0.25, 0.3) is 0 Å². The minimum Gasteiger partial charge on any atom is -0.461 e. The predicted octanol–water partition coefficient (Wildman–Crippen LogP) is 4.35. The van der Waals surface area contributed by atoms with Gasteiger partial charge in [0.2, 0.25) is 0 Å². The maximum Gasteiger partial charge on any atom is 0.318 e. The minimum atomic E-state index is -0.331. The Morgan fingerprint density at radius 1 is 1.07 bits per heavy atom. The van der Waals surface area contributed by atoms with Gasteiger partial charge in [0.25, 0.3) is 5.91 Å². The van der Waals surface area contributed by atoms with Crippen LogP contribution in [0.5, 0.6) is 6.01 Å². The Kier molecular flexibility index (Phi) is 6.01. The number of aliphatic hydroxyl groups is 1. The maximum atomic E-state index is 14.6. The van der Waals surface area contributed by atoms with Crippen LogP contribution in [0.2, 0.25) is 5.02 Å². The number of nitrogens with zero attached hydrogens (tertiary/aromatic N) is 5. The third-order valence-corrected chi connectivity index (χ3v) is 11.9. The first-order chi connectivity index (χ1) is 20.9. The number of aromatic nitrogens is 2. The number of amides is 1. The van der Waals surface area contributed by atoms with E-state index in [1.165, 1.54) is 25.7 Å². The lowest BCUT2D eigenvalue weighted by atomic mass is 9.95. The van der Waals surface area contributed by atoms with E-state index in [-0.39, 0.29) is 17.6 Å². The number of hydrogen-bond donors (Lipinski definition) is 3. The fourth-order valence-corrected chi connectivity index (χ4v) is 9.24. The van der Waals surface area contributed by atoms with Crippen molar-refractivity contribution in [3.8, 4) is 6.01 Å². The number of halogens is 1. The molecule has 3 saturated heterocycles. The number of hydrazine groups is 1. The second-order valence-electron chi connectivity index (χ2n) is 14.1. The van der Waals surface area contributed by atoms with Crippen molar-refractivity contribution < 1.29 is 14.6 Å². The van der Waals surface area contributed by atoms with Crippen LogP contribution in [-0.4, -0.2) is 70.3 Å². The van der Waals surface area contributed by atoms with Gasteiger partial charge in [0, 0.05) is 30.2 Å². The summed E-state index contributed by atoms with van der Waals surface area (Å²) in [4.78, 5) is 31.1. The van der Waals surface area contributed by atoms with Crippen LogP contribution in [0.15, 0.2) is 6.07 Å². The maximum absolute atomic E-state index is 14.6. The van der Waals surface area contributed by atoms with E-state index in [2.05, 4.69) is 20.7 Å². The van der Waals surface area contributed by atoms with Gasteiger partial charge in [0.1, 0.15) is 18.0 Å². The van der Waals surface area contributed by atoms with Crippen LogP contribution < -0.4 is 25.4 Å². The molecular weight excluding hydrogens is 566 g/mol. The molecule has 43 heavy (non-hydrogen) atoms. The van der Waals surface area contributed by atoms with E-state index >= 15 is 0 Å². The van der Waals surface area contributed by atoms with Crippen molar-refractivity contribution in [2.24, 2.45) is 5.41 Å². The van der Waals surface area contributed by atoms with Crippen molar-refractivity contribution >= 4 is 34.7 Å². The number of aliphatic hydroxyl groups excluding tert-OH is 1. The van der Waals surface area contributed by atoms with Gasteiger partial charge in [-0.1, -0.05) is 11.6 Å². The van der Waals surface area contributed by atoms with Gasteiger partial charge in [-0.3, -0.25) is 9.69 Å². The van der Waals surface area contributed by atoms with Gasteiger partial charge in [-0.2, -0.15) is 9.97 Å². The average molecular weight is 606 g/mol. The largest absolute Gasteiger partial charge is 0.461 e. The summed E-state index contributed by atoms with van der Waals surface area (Å²) in [7, 11) is 0. The second kappa shape index (κ2) is 9.67. The first-order valence-electron chi connectivity index (χ1n) is 16.3. The molecule has 2 saturated carbocycles. The number of carbonyl (C=O) groups excluding carboxylic acids is 1. The summed E-state index contributed by atoms with van der Waals surface area (Å²) < 4.78 is 6.47. The summed E-state index contributed by atoms with van der Waals surface area (Å²) >= 11 is 7.01. The van der Waals surface area contributed by atoms with Crippen molar-refractivity contribution in [1.82, 2.24) is 20.3 Å². The van der Waals surface area contributed by atoms with Gasteiger partial charge in [-0.25, -0.2) is 5.43 Å². The average Bonchev–Trinajstić information content (AvgIpc) is 3.65. The highest BCUT2D eigenvalue weighted by atomic mass is 35.5. The lowest BCUT2D eigenvalue weighted by molar-refractivity contribution is 0.0995. The van der Waals surface area contributed by atoms with Crippen LogP contribution in [0.1, 0.15) is 97.3 Å². The molecule has 1 amide bonds. The Morgan fingerprint density at radius 3 is 2.70 bits per heavy atom. The Bertz CT molecular complexity index is 1500. The zero-order valence-electron chi connectivity index (χ0n) is 24.6. The number of carbonyl (C=O) groups is 1. The number of rotatable bonds is 6. The Labute approximate surface area is 257 Å². The molecule has 7 aliphatic rings. The first-order valence-corrected chi connectivity index (χ1v) is 16.7. The van der Waals surface area contributed by atoms with Gasteiger partial charge in [-0.15, -0.1) is 0 Å². The van der Waals surface area contributed by atoms with Gasteiger partial charge in [0.15, 0.2) is 0 Å². The smallest absolute Gasteiger partial charge is 0.318 e. The molecule has 1 aromatic heterocycles. The standard InChI is InChI=1S/C32H40ClN7O3/c33-22-14-23-20(16-34-37-23)27(25(22)21-15-31(21)8-9-31)40-17-24-26(29(40)42)28(38-10-1-4-19(41)5-13-38)36-30(35-24)43-18-32-6-2-11-39(32)12-3-7-32/h14,19,21,34,37,41H,1-13,15-18H2. The summed E-state index contributed by atoms with van der Waals surface area (Å²) in [5.74, 6) is 0.977. The molecule has 3 N–H and O–H groups in total. The number of benzene rings is 1. The predicted molar refractivity (Wildman–Crippen MR) is 164 cm³/mol. The van der Waals surface area contributed by atoms with Crippen LogP contribution in [0, 0.1) is 5.41 Å². The Hall–Kier alpha value is -2.66. The number of hydrogen-bond acceptors (Lipinski definition) is 9. The Balaban J connectivity index is 1.11. The number of fused-ring (bicyclic) bond motifs is 3. The zero-order chi connectivity index (χ0) is 28.9. The normalized spacial score (nSPS) is 28.1. The fourth-order valence-electron chi connectivity index (χ4n) is 8.91. The van der Waals surface area contributed by atoms with E-state index in [9.17, 15) is 9.90 Å². The van der Waals surface area contributed by atoms with Crippen LogP contribution in [0.4, 0.5) is 17.2 Å². The molecule has 11 heteroatoms. The summed E-state index contributed by atoms with van der Waals surface area (Å²) in [6.07, 6.45) is 10.3. The molecule has 2 aromatic rings. The summed E-state index contributed by atoms with van der Waals surface area (Å²) in [6.45, 7) is 5.23. The highest BCUT2D eigenvalue weighted by Gasteiger charge is 2.64. The van der Waals surface area contributed by atoms with Crippen molar-refractivity contribution in [2.75, 3.05) is 48.0 Å². The molecule has 9 rings (SSSR count). The quantitative estimate of drug-likeness (QED) is 0.443. The summed E-state index contributed by atoms with van der Waals surface area (Å²) in [6, 6.07) is 2.38. The van der Waals surface area contributed by atoms with Gasteiger partial charge < -0.3 is 25.1 Å². The third-order valence-electron chi connectivity index (χ3n) is 11.6. The van der Waals surface area contributed by atoms with Gasteiger partial charge >= 0.3 is 6.01 Å². The number of nitrogens with one attached hydrogen (secondary N) is 2. The van der Waals surface area contributed by atoms with E-state index in [0.29, 0.717) is 61.4 Å². The van der Waals surface area contributed by atoms with Crippen LogP contribution in [0.3, 0.4) is 0 Å². The molecule has 2 unspecified atom stereocenters. The molecule has 5 fully saturated rings. The topological polar surface area (TPSA) is 106 Å². The van der Waals surface area contributed by atoms with E-state index < -0.39 is 0 Å². The van der Waals surface area contributed by atoms with E-state index in [1.807, 2.05) is 11.0 Å². The molecule has 0 radical (unpaired) electrons. The minimum absolute atomic E-state index is 0.0687. The molecule has 2 aliphatic carbocycles. The lowest BCUT2D eigenvalue weighted by Crippen LogP contribution is -2.43. The molecule has 5 aliphatic heterocycles. The Morgan fingerprint density at radius 2 is 1.91 bits per heavy atom. The van der Waals surface area contributed by atoms with E-state index in [4.69, 9.17) is 26.3 Å².